The lowest BCUT2D eigenvalue weighted by atomic mass is 9.96. The zero-order chi connectivity index (χ0) is 42.8. The van der Waals surface area contributed by atoms with E-state index < -0.39 is 124 Å². The molecule has 12 N–H and O–H groups in total. The first-order valence-electron chi connectivity index (χ1n) is 20.6. The summed E-state index contributed by atoms with van der Waals surface area (Å²) in [7, 11) is 0. The van der Waals surface area contributed by atoms with Gasteiger partial charge in [-0.3, -0.25) is 4.79 Å². The molecule has 17 atom stereocenters. The predicted octanol–water partition coefficient (Wildman–Crippen LogP) is -2.26. The molecule has 0 spiro atoms. The molecule has 3 fully saturated rings. The van der Waals surface area contributed by atoms with Gasteiger partial charge in [0.05, 0.1) is 38.6 Å². The van der Waals surface area contributed by atoms with E-state index >= 15 is 0 Å². The van der Waals surface area contributed by atoms with Gasteiger partial charge in [-0.15, -0.1) is 0 Å². The Morgan fingerprint density at radius 2 is 1.09 bits per heavy atom. The summed E-state index contributed by atoms with van der Waals surface area (Å²) in [6, 6.07) is -0.967. The van der Waals surface area contributed by atoms with Crippen LogP contribution < -0.4 is 5.32 Å². The van der Waals surface area contributed by atoms with E-state index in [0.717, 1.165) is 51.4 Å². The lowest BCUT2D eigenvalue weighted by molar-refractivity contribution is -0.379. The van der Waals surface area contributed by atoms with Crippen molar-refractivity contribution in [1.82, 2.24) is 5.32 Å². The van der Waals surface area contributed by atoms with Gasteiger partial charge in [0.25, 0.3) is 0 Å². The molecular weight excluding hydrogens is 770 g/mol. The Labute approximate surface area is 339 Å². The number of aliphatic hydroxyl groups excluding tert-OH is 11. The van der Waals surface area contributed by atoms with Crippen LogP contribution in [0, 0.1) is 0 Å². The van der Waals surface area contributed by atoms with Gasteiger partial charge in [-0.25, -0.2) is 0 Å². The van der Waals surface area contributed by atoms with Crippen LogP contribution >= 0.6 is 0 Å². The van der Waals surface area contributed by atoms with Gasteiger partial charge in [-0.1, -0.05) is 70.3 Å². The van der Waals surface area contributed by atoms with Crippen LogP contribution in [0.3, 0.4) is 0 Å². The normalized spacial score (nSPS) is 37.0. The van der Waals surface area contributed by atoms with E-state index in [1.807, 2.05) is 6.92 Å². The maximum Gasteiger partial charge on any atom is 0.220 e. The number of unbranched alkanes of at least 4 members (excludes halogenated alkanes) is 7. The van der Waals surface area contributed by atoms with Crippen molar-refractivity contribution in [2.45, 2.75) is 189 Å². The summed E-state index contributed by atoms with van der Waals surface area (Å²) in [4.78, 5) is 12.9. The maximum atomic E-state index is 12.9. The predicted molar refractivity (Wildman–Crippen MR) is 203 cm³/mol. The van der Waals surface area contributed by atoms with Gasteiger partial charge >= 0.3 is 0 Å². The van der Waals surface area contributed by atoms with Crippen LogP contribution in [0.1, 0.15) is 84.5 Å². The summed E-state index contributed by atoms with van der Waals surface area (Å²) >= 11 is 0. The molecule has 0 saturated carbocycles. The molecule has 0 aromatic rings. The van der Waals surface area contributed by atoms with Crippen molar-refractivity contribution in [3.63, 3.8) is 0 Å². The molecule has 1 amide bonds. The maximum absolute atomic E-state index is 12.9. The summed E-state index contributed by atoms with van der Waals surface area (Å²) in [6.07, 6.45) is -9.39. The van der Waals surface area contributed by atoms with Crippen molar-refractivity contribution in [3.8, 4) is 0 Å². The van der Waals surface area contributed by atoms with Crippen molar-refractivity contribution in [1.29, 1.82) is 0 Å². The van der Waals surface area contributed by atoms with Crippen molar-refractivity contribution in [3.05, 3.63) is 24.3 Å². The second-order valence-electron chi connectivity index (χ2n) is 15.1. The molecule has 0 radical (unpaired) electrons. The minimum absolute atomic E-state index is 0.229. The number of hydrogen-bond donors (Lipinski definition) is 12. The summed E-state index contributed by atoms with van der Waals surface area (Å²) in [5, 5.41) is 118. The molecule has 3 heterocycles. The summed E-state index contributed by atoms with van der Waals surface area (Å²) in [5.41, 5.74) is 0. The number of carbonyl (C=O) groups excluding carboxylic acids is 1. The van der Waals surface area contributed by atoms with Gasteiger partial charge in [-0.05, 0) is 32.1 Å². The molecule has 19 nitrogen and oxygen atoms in total. The molecule has 0 bridgehead atoms. The Morgan fingerprint density at radius 3 is 1.67 bits per heavy atom. The van der Waals surface area contributed by atoms with E-state index in [4.69, 9.17) is 28.4 Å². The van der Waals surface area contributed by atoms with E-state index in [0.29, 0.717) is 12.8 Å². The molecule has 17 unspecified atom stereocenters. The molecule has 58 heavy (non-hydrogen) atoms. The van der Waals surface area contributed by atoms with Crippen LogP contribution in [0.15, 0.2) is 24.3 Å². The number of aliphatic hydroxyl groups is 11. The van der Waals surface area contributed by atoms with Crippen molar-refractivity contribution < 1.29 is 89.4 Å². The number of rotatable bonds is 25. The Balaban J connectivity index is 1.58. The average molecular weight is 840 g/mol. The number of hydrogen-bond acceptors (Lipinski definition) is 18. The molecule has 3 aliphatic heterocycles. The average Bonchev–Trinajstić information content (AvgIpc) is 3.21. The minimum atomic E-state index is -1.97. The van der Waals surface area contributed by atoms with E-state index in [9.17, 15) is 61.0 Å². The second kappa shape index (κ2) is 26.6. The molecule has 0 aromatic heterocycles. The Bertz CT molecular complexity index is 1190. The zero-order valence-electron chi connectivity index (χ0n) is 33.5. The van der Waals surface area contributed by atoms with Crippen molar-refractivity contribution in [2.24, 2.45) is 0 Å². The number of amides is 1. The highest BCUT2D eigenvalue weighted by Gasteiger charge is 2.53. The number of carbonyl (C=O) groups is 1. The largest absolute Gasteiger partial charge is 0.394 e. The van der Waals surface area contributed by atoms with Crippen LogP contribution in [0.5, 0.6) is 0 Å². The summed E-state index contributed by atoms with van der Waals surface area (Å²) in [6.45, 7) is 1.33. The first-order chi connectivity index (χ1) is 27.8. The molecule has 3 rings (SSSR count). The minimum Gasteiger partial charge on any atom is -0.394 e. The third kappa shape index (κ3) is 14.7. The van der Waals surface area contributed by atoms with Gasteiger partial charge in [0, 0.05) is 6.42 Å². The molecular formula is C39H69NO18. The highest BCUT2D eigenvalue weighted by Crippen LogP contribution is 2.32. The molecule has 19 heteroatoms. The fourth-order valence-corrected chi connectivity index (χ4v) is 6.90. The smallest absolute Gasteiger partial charge is 0.220 e. The Hall–Kier alpha value is -1.73. The molecule has 338 valence electrons. The zero-order valence-corrected chi connectivity index (χ0v) is 33.5. The summed E-state index contributed by atoms with van der Waals surface area (Å²) < 4.78 is 33.7. The van der Waals surface area contributed by atoms with Crippen molar-refractivity contribution >= 4 is 5.91 Å². The van der Waals surface area contributed by atoms with Gasteiger partial charge < -0.3 is 89.9 Å². The molecule has 3 aliphatic rings. The SMILES string of the molecule is CCC/C=C\CCCCCCCC(=O)NC(COC1OC(CO)C(OC2OC(CO)C(OC3OC(CO)C(O)C(O)C3O)C(O)C2O)C(O)C1O)C(O)/C=C/CCC. The van der Waals surface area contributed by atoms with Crippen LogP contribution in [0.2, 0.25) is 0 Å². The number of nitrogens with one attached hydrogen (secondary N) is 1. The summed E-state index contributed by atoms with van der Waals surface area (Å²) in [5.74, 6) is -0.305. The van der Waals surface area contributed by atoms with Crippen LogP contribution in [-0.4, -0.2) is 193 Å². The van der Waals surface area contributed by atoms with Crippen LogP contribution in [0.4, 0.5) is 0 Å². The fourth-order valence-electron chi connectivity index (χ4n) is 6.90. The third-order valence-electron chi connectivity index (χ3n) is 10.5. The number of ether oxygens (including phenoxy) is 6. The van der Waals surface area contributed by atoms with Gasteiger partial charge in [0.2, 0.25) is 5.91 Å². The van der Waals surface area contributed by atoms with Gasteiger partial charge in [-0.2, -0.15) is 0 Å². The first-order valence-corrected chi connectivity index (χ1v) is 20.6. The van der Waals surface area contributed by atoms with Gasteiger partial charge in [0.1, 0.15) is 73.2 Å². The fraction of sp³-hybridized carbons (Fsp3) is 0.872. The lowest BCUT2D eigenvalue weighted by Gasteiger charge is -2.48. The van der Waals surface area contributed by atoms with E-state index in [1.54, 1.807) is 6.08 Å². The van der Waals surface area contributed by atoms with E-state index in [2.05, 4.69) is 24.4 Å². The Morgan fingerprint density at radius 1 is 0.603 bits per heavy atom. The molecule has 3 saturated heterocycles. The van der Waals surface area contributed by atoms with Gasteiger partial charge in [0.15, 0.2) is 18.9 Å². The van der Waals surface area contributed by atoms with E-state index in [-0.39, 0.29) is 18.9 Å². The Kier molecular flexibility index (Phi) is 23.2. The highest BCUT2D eigenvalue weighted by molar-refractivity contribution is 5.76. The quantitative estimate of drug-likeness (QED) is 0.0341. The van der Waals surface area contributed by atoms with Crippen molar-refractivity contribution in [2.75, 3.05) is 26.4 Å². The monoisotopic (exact) mass is 839 g/mol. The molecule has 0 aliphatic carbocycles. The standard InChI is InChI=1S/C39H69NO18/c1-3-5-7-8-9-10-11-12-13-15-17-27(45)40-22(23(44)16-14-6-4-2)21-53-37-33(51)30(48)35(25(19-42)55-37)58-39-34(52)31(49)36(26(20-43)56-39)57-38-32(50)29(47)28(46)24(18-41)54-38/h7-8,14,16,22-26,28-39,41-44,46-52H,3-6,9-13,15,17-21H2,1-2H3,(H,40,45)/b8-7-,16-14+. The lowest BCUT2D eigenvalue weighted by Crippen LogP contribution is -2.66. The van der Waals surface area contributed by atoms with E-state index in [1.165, 1.54) is 6.08 Å². The molecule has 0 aromatic carbocycles. The van der Waals surface area contributed by atoms with Crippen LogP contribution in [0.25, 0.3) is 0 Å². The topological polar surface area (TPSA) is 307 Å². The first kappa shape index (κ1) is 50.6. The second-order valence-corrected chi connectivity index (χ2v) is 15.1. The third-order valence-corrected chi connectivity index (χ3v) is 10.5. The van der Waals surface area contributed by atoms with Crippen LogP contribution in [-0.2, 0) is 33.2 Å². The number of allylic oxidation sites excluding steroid dienone is 3. The highest BCUT2D eigenvalue weighted by atomic mass is 16.8.